The van der Waals surface area contributed by atoms with Gasteiger partial charge in [-0.25, -0.2) is 0 Å². The van der Waals surface area contributed by atoms with E-state index in [1.807, 2.05) is 0 Å². The van der Waals surface area contributed by atoms with E-state index in [-0.39, 0.29) is 16.2 Å². The number of nitrogens with two attached hydrogens (primary N) is 1. The third-order valence-corrected chi connectivity index (χ3v) is 6.81. The van der Waals surface area contributed by atoms with Crippen molar-refractivity contribution >= 4 is 0 Å². The lowest BCUT2D eigenvalue weighted by Gasteiger charge is -2.70. The fourth-order valence-corrected chi connectivity index (χ4v) is 7.18. The van der Waals surface area contributed by atoms with E-state index in [0.717, 1.165) is 38.5 Å². The minimum absolute atomic E-state index is 0.171. The Balaban J connectivity index is 2.02. The van der Waals surface area contributed by atoms with Gasteiger partial charge in [-0.2, -0.15) is 0 Å². The predicted molar refractivity (Wildman–Crippen MR) is 84.7 cm³/mol. The summed E-state index contributed by atoms with van der Waals surface area (Å²) in [5.41, 5.74) is 6.02. The van der Waals surface area contributed by atoms with Crippen molar-refractivity contribution in [2.75, 3.05) is 6.54 Å². The third-order valence-electron chi connectivity index (χ3n) is 6.81. The summed E-state index contributed by atoms with van der Waals surface area (Å²) in [6.07, 6.45) is 10.6. The molecule has 4 fully saturated rings. The molecule has 0 radical (unpaired) electrons. The van der Waals surface area contributed by atoms with Gasteiger partial charge in [-0.05, 0) is 74.2 Å². The van der Waals surface area contributed by atoms with Crippen LogP contribution in [0.15, 0.2) is 0 Å². The lowest BCUT2D eigenvalue weighted by Crippen LogP contribution is -2.65. The molecule has 4 aliphatic carbocycles. The summed E-state index contributed by atoms with van der Waals surface area (Å²) < 4.78 is 0. The maximum Gasteiger partial charge on any atom is 0.295 e. The first kappa shape index (κ1) is 16.0. The van der Waals surface area contributed by atoms with E-state index in [9.17, 15) is 10.1 Å². The van der Waals surface area contributed by atoms with Crippen molar-refractivity contribution in [3.63, 3.8) is 0 Å². The van der Waals surface area contributed by atoms with E-state index in [4.69, 9.17) is 10.6 Å². The molecule has 4 unspecified atom stereocenters. The van der Waals surface area contributed by atoms with Crippen LogP contribution < -0.4 is 5.73 Å². The molecule has 5 heteroatoms. The summed E-state index contributed by atoms with van der Waals surface area (Å²) in [5.74, 6) is 0. The Morgan fingerprint density at radius 3 is 2.05 bits per heavy atom. The minimum atomic E-state index is -0.543. The quantitative estimate of drug-likeness (QED) is 0.572. The smallest absolute Gasteiger partial charge is 0.295 e. The second kappa shape index (κ2) is 5.08. The lowest BCUT2D eigenvalue weighted by atomic mass is 9.36. The van der Waals surface area contributed by atoms with Crippen molar-refractivity contribution in [1.29, 1.82) is 0 Å². The predicted octanol–water partition coefficient (Wildman–Crippen LogP) is 3.83. The number of nitrogens with zero attached hydrogens (tertiary/aromatic N) is 1. The maximum atomic E-state index is 11.2. The van der Waals surface area contributed by atoms with Crippen molar-refractivity contribution in [2.24, 2.45) is 22.0 Å². The van der Waals surface area contributed by atoms with Crippen molar-refractivity contribution in [1.82, 2.24) is 0 Å². The molecule has 0 amide bonds. The topological polar surface area (TPSA) is 78.4 Å². The summed E-state index contributed by atoms with van der Waals surface area (Å²) in [7, 11) is 0. The molecular formula is C17H30N2O3. The average molecular weight is 310 g/mol. The van der Waals surface area contributed by atoms with Gasteiger partial charge in [0.1, 0.15) is 5.60 Å². The normalized spacial score (nSPS) is 46.0. The molecule has 4 atom stereocenters. The first-order valence-corrected chi connectivity index (χ1v) is 8.88. The average Bonchev–Trinajstić information content (AvgIpc) is 2.35. The van der Waals surface area contributed by atoms with Crippen LogP contribution in [0.25, 0.3) is 0 Å². The van der Waals surface area contributed by atoms with Gasteiger partial charge < -0.3 is 10.6 Å². The molecule has 4 aliphatic rings. The van der Waals surface area contributed by atoms with Crippen LogP contribution in [0.4, 0.5) is 0 Å². The summed E-state index contributed by atoms with van der Waals surface area (Å²) in [6.45, 7) is 5.16. The molecule has 4 bridgehead atoms. The van der Waals surface area contributed by atoms with Crippen LogP contribution in [-0.4, -0.2) is 17.2 Å². The third kappa shape index (κ3) is 2.41. The number of hydrogen-bond donors (Lipinski definition) is 1. The van der Waals surface area contributed by atoms with E-state index in [1.165, 1.54) is 25.7 Å². The second-order valence-electron chi connectivity index (χ2n) is 8.70. The molecule has 5 nitrogen and oxygen atoms in total. The Hall–Kier alpha value is -0.840. The minimum Gasteiger partial charge on any atom is -0.330 e. The van der Waals surface area contributed by atoms with E-state index in [1.54, 1.807) is 0 Å². The first-order valence-electron chi connectivity index (χ1n) is 8.88. The zero-order chi connectivity index (χ0) is 16.1. The Labute approximate surface area is 133 Å². The molecule has 0 heterocycles. The molecule has 126 valence electrons. The van der Waals surface area contributed by atoms with Crippen LogP contribution in [0.3, 0.4) is 0 Å². The Morgan fingerprint density at radius 1 is 1.00 bits per heavy atom. The van der Waals surface area contributed by atoms with Crippen LogP contribution in [0.1, 0.15) is 78.1 Å². The first-order chi connectivity index (χ1) is 10.3. The van der Waals surface area contributed by atoms with Crippen molar-refractivity contribution in [2.45, 2.75) is 83.7 Å². The van der Waals surface area contributed by atoms with Gasteiger partial charge in [0.25, 0.3) is 5.09 Å². The van der Waals surface area contributed by atoms with Crippen LogP contribution in [0.5, 0.6) is 0 Å². The summed E-state index contributed by atoms with van der Waals surface area (Å²) >= 11 is 0. The Bertz CT molecular complexity index is 443. The molecule has 2 N–H and O–H groups in total. The highest BCUT2D eigenvalue weighted by molar-refractivity contribution is 5.18. The molecule has 0 aliphatic heterocycles. The van der Waals surface area contributed by atoms with Gasteiger partial charge in [0.2, 0.25) is 0 Å². The van der Waals surface area contributed by atoms with Crippen molar-refractivity contribution < 1.29 is 9.92 Å². The SMILES string of the molecule is CCCC12CC3(CC)CC(CCN)(C1)CC(O[N+](=O)[O-])(C3)C2. The maximum absolute atomic E-state index is 11.2. The fourth-order valence-electron chi connectivity index (χ4n) is 7.18. The zero-order valence-electron chi connectivity index (χ0n) is 14.0. The zero-order valence-corrected chi connectivity index (χ0v) is 14.0. The van der Waals surface area contributed by atoms with Gasteiger partial charge in [-0.1, -0.05) is 26.7 Å². The van der Waals surface area contributed by atoms with E-state index in [0.29, 0.717) is 6.54 Å². The van der Waals surface area contributed by atoms with E-state index >= 15 is 0 Å². The number of rotatable bonds is 7. The van der Waals surface area contributed by atoms with E-state index < -0.39 is 10.7 Å². The van der Waals surface area contributed by atoms with Gasteiger partial charge in [0.05, 0.1) is 0 Å². The van der Waals surface area contributed by atoms with Crippen LogP contribution >= 0.6 is 0 Å². The summed E-state index contributed by atoms with van der Waals surface area (Å²) in [4.78, 5) is 16.6. The van der Waals surface area contributed by atoms with Gasteiger partial charge in [-0.15, -0.1) is 10.1 Å². The Kier molecular flexibility index (Phi) is 3.70. The monoisotopic (exact) mass is 310 g/mol. The lowest BCUT2D eigenvalue weighted by molar-refractivity contribution is -0.787. The number of hydrogen-bond acceptors (Lipinski definition) is 4. The molecular weight excluding hydrogens is 280 g/mol. The highest BCUT2D eigenvalue weighted by Gasteiger charge is 2.68. The van der Waals surface area contributed by atoms with Gasteiger partial charge in [0, 0.05) is 0 Å². The summed E-state index contributed by atoms with van der Waals surface area (Å²) in [5, 5.41) is 10.6. The second-order valence-corrected chi connectivity index (χ2v) is 8.70. The molecule has 4 saturated carbocycles. The highest BCUT2D eigenvalue weighted by atomic mass is 17.0. The highest BCUT2D eigenvalue weighted by Crippen LogP contribution is 2.74. The van der Waals surface area contributed by atoms with Crippen LogP contribution in [0.2, 0.25) is 0 Å². The Morgan fingerprint density at radius 2 is 1.55 bits per heavy atom. The van der Waals surface area contributed by atoms with Crippen molar-refractivity contribution in [3.8, 4) is 0 Å². The van der Waals surface area contributed by atoms with E-state index in [2.05, 4.69) is 13.8 Å². The molecule has 4 rings (SSSR count). The van der Waals surface area contributed by atoms with Crippen LogP contribution in [-0.2, 0) is 4.84 Å². The molecule has 0 saturated heterocycles. The van der Waals surface area contributed by atoms with Gasteiger partial charge in [0.15, 0.2) is 0 Å². The van der Waals surface area contributed by atoms with Crippen LogP contribution in [0, 0.1) is 26.4 Å². The molecule has 0 aromatic heterocycles. The fraction of sp³-hybridized carbons (Fsp3) is 1.00. The standard InChI is InChI=1S/C17H30N2O3/c1-3-5-15-8-14(4-2)9-16(10-15,6-7-18)13-17(11-14,12-15)22-19(20)21/h3-13,18H2,1-2H3. The van der Waals surface area contributed by atoms with Gasteiger partial charge >= 0.3 is 0 Å². The van der Waals surface area contributed by atoms with Crippen molar-refractivity contribution in [3.05, 3.63) is 10.1 Å². The molecule has 0 aromatic carbocycles. The van der Waals surface area contributed by atoms with Gasteiger partial charge in [-0.3, -0.25) is 0 Å². The largest absolute Gasteiger partial charge is 0.330 e. The molecule has 0 aromatic rings. The summed E-state index contributed by atoms with van der Waals surface area (Å²) in [6, 6.07) is 0. The molecule has 22 heavy (non-hydrogen) atoms. The molecule has 0 spiro atoms.